The van der Waals surface area contributed by atoms with Gasteiger partial charge in [-0.2, -0.15) is 0 Å². The van der Waals surface area contributed by atoms with Gasteiger partial charge >= 0.3 is 0 Å². The average Bonchev–Trinajstić information content (AvgIpc) is 2.55. The van der Waals surface area contributed by atoms with Crippen LogP contribution in [-0.4, -0.2) is 56.5 Å². The van der Waals surface area contributed by atoms with E-state index < -0.39 is 0 Å². The molecule has 1 aliphatic heterocycles. The second kappa shape index (κ2) is 8.29. The van der Waals surface area contributed by atoms with Crippen LogP contribution in [0, 0.1) is 0 Å². The summed E-state index contributed by atoms with van der Waals surface area (Å²) in [5.41, 5.74) is 0. The van der Waals surface area contributed by atoms with Gasteiger partial charge in [-0.05, 0) is 25.1 Å². The summed E-state index contributed by atoms with van der Waals surface area (Å²) >= 11 is 1.66. The van der Waals surface area contributed by atoms with Crippen LogP contribution in [0.3, 0.4) is 0 Å². The van der Waals surface area contributed by atoms with Gasteiger partial charge in [0.1, 0.15) is 0 Å². The molecule has 6 heteroatoms. The molecule has 0 spiro atoms. The van der Waals surface area contributed by atoms with E-state index in [1.807, 2.05) is 23.1 Å². The maximum Gasteiger partial charge on any atom is 0.223 e. The average molecular weight is 324 g/mol. The van der Waals surface area contributed by atoms with Crippen molar-refractivity contribution in [2.75, 3.05) is 39.6 Å². The number of hydrogen-bond acceptors (Lipinski definition) is 5. The van der Waals surface area contributed by atoms with Gasteiger partial charge in [-0.3, -0.25) is 4.79 Å². The molecule has 1 aliphatic rings. The topological polar surface area (TPSA) is 50.8 Å². The quantitative estimate of drug-likeness (QED) is 0.811. The lowest BCUT2D eigenvalue weighted by Gasteiger charge is -2.34. The van der Waals surface area contributed by atoms with E-state index in [1.165, 1.54) is 0 Å². The molecule has 0 bridgehead atoms. The summed E-state index contributed by atoms with van der Waals surface area (Å²) in [6, 6.07) is 6.11. The molecular formula is C16H24N2O3S. The van der Waals surface area contributed by atoms with Gasteiger partial charge in [0.2, 0.25) is 5.91 Å². The van der Waals surface area contributed by atoms with Crippen molar-refractivity contribution in [3.63, 3.8) is 0 Å². The minimum atomic E-state index is 0.238. The molecular weight excluding hydrogens is 300 g/mol. The van der Waals surface area contributed by atoms with Crippen molar-refractivity contribution in [3.05, 3.63) is 18.2 Å². The van der Waals surface area contributed by atoms with E-state index in [0.29, 0.717) is 6.42 Å². The highest BCUT2D eigenvalue weighted by Gasteiger charge is 2.22. The number of ether oxygens (including phenoxy) is 2. The first-order valence-electron chi connectivity index (χ1n) is 7.50. The molecule has 22 heavy (non-hydrogen) atoms. The van der Waals surface area contributed by atoms with E-state index in [1.54, 1.807) is 26.0 Å². The molecule has 0 aromatic heterocycles. The third-order valence-corrected chi connectivity index (χ3v) is 4.76. The predicted octanol–water partition coefficient (Wildman–Crippen LogP) is 2.01. The first-order valence-corrected chi connectivity index (χ1v) is 8.49. The Labute approximate surface area is 136 Å². The van der Waals surface area contributed by atoms with Crippen molar-refractivity contribution >= 4 is 17.7 Å². The standard InChI is InChI=1S/C16H24N2O3S/c1-12-11-17-7-8-18(12)16(19)6-9-22-13-4-5-14(20-2)15(10-13)21-3/h4-5,10,12,17H,6-9,11H2,1-3H3. The Morgan fingerprint density at radius 2 is 2.14 bits per heavy atom. The largest absolute Gasteiger partial charge is 0.493 e. The smallest absolute Gasteiger partial charge is 0.223 e. The monoisotopic (exact) mass is 324 g/mol. The Morgan fingerprint density at radius 3 is 2.82 bits per heavy atom. The van der Waals surface area contributed by atoms with Crippen molar-refractivity contribution < 1.29 is 14.3 Å². The Kier molecular flexibility index (Phi) is 6.39. The van der Waals surface area contributed by atoms with Gasteiger partial charge in [0.05, 0.1) is 14.2 Å². The van der Waals surface area contributed by atoms with E-state index in [0.717, 1.165) is 41.8 Å². The number of methoxy groups -OCH3 is 2. The Hall–Kier alpha value is -1.40. The van der Waals surface area contributed by atoms with Crippen molar-refractivity contribution in [1.82, 2.24) is 10.2 Å². The number of nitrogens with one attached hydrogen (secondary N) is 1. The third kappa shape index (κ3) is 4.30. The molecule has 1 unspecified atom stereocenters. The lowest BCUT2D eigenvalue weighted by molar-refractivity contribution is -0.133. The van der Waals surface area contributed by atoms with E-state index in [2.05, 4.69) is 12.2 Å². The number of piperazine rings is 1. The minimum Gasteiger partial charge on any atom is -0.493 e. The SMILES string of the molecule is COc1ccc(SCCC(=O)N2CCNCC2C)cc1OC. The number of rotatable bonds is 6. The zero-order valence-electron chi connectivity index (χ0n) is 13.4. The van der Waals surface area contributed by atoms with E-state index in [9.17, 15) is 4.79 Å². The fraction of sp³-hybridized carbons (Fsp3) is 0.562. The summed E-state index contributed by atoms with van der Waals surface area (Å²) in [4.78, 5) is 15.3. The summed E-state index contributed by atoms with van der Waals surface area (Å²) in [5, 5.41) is 3.30. The van der Waals surface area contributed by atoms with E-state index >= 15 is 0 Å². The number of thioether (sulfide) groups is 1. The number of hydrogen-bond donors (Lipinski definition) is 1. The maximum atomic E-state index is 12.3. The maximum absolute atomic E-state index is 12.3. The van der Waals surface area contributed by atoms with Gasteiger partial charge in [-0.15, -0.1) is 11.8 Å². The Bertz CT molecular complexity index is 510. The van der Waals surface area contributed by atoms with Gasteiger partial charge in [0.25, 0.3) is 0 Å². The van der Waals surface area contributed by atoms with E-state index in [4.69, 9.17) is 9.47 Å². The van der Waals surface area contributed by atoms with Crippen LogP contribution in [0.2, 0.25) is 0 Å². The molecule has 1 atom stereocenters. The van der Waals surface area contributed by atoms with Gasteiger partial charge < -0.3 is 19.7 Å². The highest BCUT2D eigenvalue weighted by atomic mass is 32.2. The second-order valence-electron chi connectivity index (χ2n) is 5.26. The fourth-order valence-corrected chi connectivity index (χ4v) is 3.38. The van der Waals surface area contributed by atoms with Gasteiger partial charge in [0, 0.05) is 42.7 Å². The molecule has 0 saturated carbocycles. The number of carbonyl (C=O) groups excluding carboxylic acids is 1. The second-order valence-corrected chi connectivity index (χ2v) is 6.42. The molecule has 1 aromatic carbocycles. The molecule has 1 heterocycles. The summed E-state index contributed by atoms with van der Waals surface area (Å²) in [6.45, 7) is 4.67. The molecule has 1 N–H and O–H groups in total. The molecule has 1 aromatic rings. The summed E-state index contributed by atoms with van der Waals surface area (Å²) in [5.74, 6) is 2.44. The highest BCUT2D eigenvalue weighted by Crippen LogP contribution is 2.32. The van der Waals surface area contributed by atoms with Crippen LogP contribution in [0.15, 0.2) is 23.1 Å². The number of nitrogens with zero attached hydrogens (tertiary/aromatic N) is 1. The molecule has 1 amide bonds. The van der Waals surface area contributed by atoms with Crippen molar-refractivity contribution in [2.24, 2.45) is 0 Å². The van der Waals surface area contributed by atoms with Crippen LogP contribution in [0.4, 0.5) is 0 Å². The van der Waals surface area contributed by atoms with Crippen LogP contribution >= 0.6 is 11.8 Å². The number of carbonyl (C=O) groups is 1. The molecule has 1 saturated heterocycles. The molecule has 1 fully saturated rings. The summed E-state index contributed by atoms with van der Waals surface area (Å²) < 4.78 is 10.5. The van der Waals surface area contributed by atoms with Crippen LogP contribution in [0.25, 0.3) is 0 Å². The molecule has 2 rings (SSSR count). The highest BCUT2D eigenvalue weighted by molar-refractivity contribution is 7.99. The van der Waals surface area contributed by atoms with Gasteiger partial charge in [0.15, 0.2) is 11.5 Å². The Balaban J connectivity index is 1.84. The first-order chi connectivity index (χ1) is 10.7. The summed E-state index contributed by atoms with van der Waals surface area (Å²) in [6.07, 6.45) is 0.559. The van der Waals surface area contributed by atoms with Crippen LogP contribution in [-0.2, 0) is 4.79 Å². The molecule has 122 valence electrons. The third-order valence-electron chi connectivity index (χ3n) is 3.76. The first kappa shape index (κ1) is 17.0. The number of benzene rings is 1. The number of amides is 1. The lowest BCUT2D eigenvalue weighted by atomic mass is 10.2. The molecule has 0 radical (unpaired) electrons. The zero-order chi connectivity index (χ0) is 15.9. The van der Waals surface area contributed by atoms with Crippen LogP contribution in [0.1, 0.15) is 13.3 Å². The van der Waals surface area contributed by atoms with Crippen molar-refractivity contribution in [1.29, 1.82) is 0 Å². The minimum absolute atomic E-state index is 0.238. The van der Waals surface area contributed by atoms with Crippen molar-refractivity contribution in [3.8, 4) is 11.5 Å². The summed E-state index contributed by atoms with van der Waals surface area (Å²) in [7, 11) is 3.25. The lowest BCUT2D eigenvalue weighted by Crippen LogP contribution is -2.52. The zero-order valence-corrected chi connectivity index (χ0v) is 14.2. The van der Waals surface area contributed by atoms with Crippen LogP contribution < -0.4 is 14.8 Å². The predicted molar refractivity (Wildman–Crippen MR) is 88.9 cm³/mol. The molecule has 5 nitrogen and oxygen atoms in total. The van der Waals surface area contributed by atoms with Crippen LogP contribution in [0.5, 0.6) is 11.5 Å². The van der Waals surface area contributed by atoms with E-state index in [-0.39, 0.29) is 11.9 Å². The fourth-order valence-electron chi connectivity index (χ4n) is 2.52. The van der Waals surface area contributed by atoms with Gasteiger partial charge in [-0.1, -0.05) is 0 Å². The van der Waals surface area contributed by atoms with Crippen molar-refractivity contribution in [2.45, 2.75) is 24.3 Å². The normalized spacial score (nSPS) is 18.1. The Morgan fingerprint density at radius 1 is 1.36 bits per heavy atom. The van der Waals surface area contributed by atoms with Gasteiger partial charge in [-0.25, -0.2) is 0 Å². The molecule has 0 aliphatic carbocycles.